The van der Waals surface area contributed by atoms with Gasteiger partial charge in [-0.1, -0.05) is 18.2 Å². The Morgan fingerprint density at radius 2 is 1.76 bits per heavy atom. The lowest BCUT2D eigenvalue weighted by molar-refractivity contribution is -0.384. The molecule has 0 aliphatic carbocycles. The predicted octanol–water partition coefficient (Wildman–Crippen LogP) is 3.64. The summed E-state index contributed by atoms with van der Waals surface area (Å²) < 4.78 is 16.0. The summed E-state index contributed by atoms with van der Waals surface area (Å²) in [5.74, 6) is 1.04. The third-order valence-electron chi connectivity index (χ3n) is 3.65. The minimum atomic E-state index is -0.472. The second-order valence-electron chi connectivity index (χ2n) is 5.55. The lowest BCUT2D eigenvalue weighted by atomic mass is 10.2. The van der Waals surface area contributed by atoms with Crippen molar-refractivity contribution in [3.8, 4) is 23.5 Å². The van der Waals surface area contributed by atoms with E-state index >= 15 is 0 Å². The topological polar surface area (TPSA) is 121 Å². The van der Waals surface area contributed by atoms with Gasteiger partial charge < -0.3 is 14.2 Å². The second kappa shape index (κ2) is 9.13. The molecule has 0 bridgehead atoms. The van der Waals surface area contributed by atoms with E-state index in [1.807, 2.05) is 6.07 Å². The van der Waals surface area contributed by atoms with Crippen LogP contribution in [0.2, 0.25) is 0 Å². The molecular weight excluding hydrogens is 378 g/mol. The Balaban J connectivity index is 1.78. The van der Waals surface area contributed by atoms with Crippen molar-refractivity contribution >= 4 is 17.6 Å². The van der Waals surface area contributed by atoms with E-state index in [0.29, 0.717) is 28.8 Å². The first-order valence-corrected chi connectivity index (χ1v) is 8.36. The zero-order valence-corrected chi connectivity index (χ0v) is 15.6. The Morgan fingerprint density at radius 3 is 2.45 bits per heavy atom. The first-order chi connectivity index (χ1) is 14.1. The van der Waals surface area contributed by atoms with Crippen molar-refractivity contribution in [2.24, 2.45) is 5.10 Å². The maximum atomic E-state index is 10.9. The number of nitro groups is 1. The third kappa shape index (κ3) is 5.16. The minimum absolute atomic E-state index is 0.0296. The molecule has 1 heterocycles. The van der Waals surface area contributed by atoms with Crippen LogP contribution >= 0.6 is 0 Å². The number of hydrazone groups is 1. The zero-order valence-electron chi connectivity index (χ0n) is 15.6. The highest BCUT2D eigenvalue weighted by atomic mass is 16.6. The molecule has 10 heteroatoms. The van der Waals surface area contributed by atoms with Crippen LogP contribution in [-0.2, 0) is 0 Å². The van der Waals surface area contributed by atoms with Crippen LogP contribution in [0.3, 0.4) is 0 Å². The Morgan fingerprint density at radius 1 is 1.03 bits per heavy atom. The molecule has 2 aromatic carbocycles. The molecule has 0 radical (unpaired) electrons. The SMILES string of the molecule is COc1cc(OC)nc(Oc2ccccc2/C=N/Nc2cccc([N+](=O)[O-])c2)n1. The number of non-ortho nitro benzene ring substituents is 1. The van der Waals surface area contributed by atoms with Crippen LogP contribution in [0, 0.1) is 10.1 Å². The normalized spacial score (nSPS) is 10.6. The molecule has 0 fully saturated rings. The molecule has 0 aliphatic rings. The van der Waals surface area contributed by atoms with E-state index in [9.17, 15) is 10.1 Å². The van der Waals surface area contributed by atoms with Crippen LogP contribution in [0.25, 0.3) is 0 Å². The maximum Gasteiger partial charge on any atom is 0.328 e. The number of rotatable bonds is 8. The van der Waals surface area contributed by atoms with Crippen LogP contribution < -0.4 is 19.6 Å². The Labute approximate surface area is 165 Å². The average Bonchev–Trinajstić information content (AvgIpc) is 2.74. The minimum Gasteiger partial charge on any atom is -0.481 e. The summed E-state index contributed by atoms with van der Waals surface area (Å²) in [6, 6.07) is 14.7. The van der Waals surface area contributed by atoms with Gasteiger partial charge in [0.2, 0.25) is 11.8 Å². The molecule has 0 saturated carbocycles. The fourth-order valence-electron chi connectivity index (χ4n) is 2.28. The van der Waals surface area contributed by atoms with Gasteiger partial charge in [-0.05, 0) is 18.2 Å². The molecule has 1 N–H and O–H groups in total. The van der Waals surface area contributed by atoms with E-state index in [-0.39, 0.29) is 11.7 Å². The van der Waals surface area contributed by atoms with Gasteiger partial charge in [0.1, 0.15) is 5.75 Å². The fraction of sp³-hybridized carbons (Fsp3) is 0.105. The van der Waals surface area contributed by atoms with Crippen LogP contribution in [0.4, 0.5) is 11.4 Å². The smallest absolute Gasteiger partial charge is 0.328 e. The van der Waals surface area contributed by atoms with E-state index in [0.717, 1.165) is 0 Å². The third-order valence-corrected chi connectivity index (χ3v) is 3.65. The molecule has 29 heavy (non-hydrogen) atoms. The van der Waals surface area contributed by atoms with Crippen LogP contribution in [0.15, 0.2) is 59.7 Å². The number of para-hydroxylation sites is 1. The van der Waals surface area contributed by atoms with Crippen molar-refractivity contribution in [2.45, 2.75) is 0 Å². The number of methoxy groups -OCH3 is 2. The molecule has 0 unspecified atom stereocenters. The predicted molar refractivity (Wildman–Crippen MR) is 106 cm³/mol. The monoisotopic (exact) mass is 395 g/mol. The van der Waals surface area contributed by atoms with Gasteiger partial charge in [0.05, 0.1) is 37.1 Å². The highest BCUT2D eigenvalue weighted by molar-refractivity contribution is 5.84. The first kappa shape index (κ1) is 19.5. The number of hydrogen-bond donors (Lipinski definition) is 1. The Bertz CT molecular complexity index is 1020. The van der Waals surface area contributed by atoms with Crippen LogP contribution in [-0.4, -0.2) is 35.3 Å². The van der Waals surface area contributed by atoms with Gasteiger partial charge in [0.25, 0.3) is 5.69 Å². The lowest BCUT2D eigenvalue weighted by Crippen LogP contribution is -2.00. The summed E-state index contributed by atoms with van der Waals surface area (Å²) in [5.41, 5.74) is 3.84. The number of nitrogens with zero attached hydrogens (tertiary/aromatic N) is 4. The largest absolute Gasteiger partial charge is 0.481 e. The summed E-state index contributed by atoms with van der Waals surface area (Å²) >= 11 is 0. The summed E-state index contributed by atoms with van der Waals surface area (Å²) in [6.07, 6.45) is 1.52. The number of anilines is 1. The van der Waals surface area contributed by atoms with Gasteiger partial charge >= 0.3 is 6.01 Å². The van der Waals surface area contributed by atoms with E-state index in [1.54, 1.807) is 30.3 Å². The summed E-state index contributed by atoms with van der Waals surface area (Å²) in [7, 11) is 2.96. The molecule has 3 aromatic rings. The molecule has 0 atom stereocenters. The number of hydrogen-bond acceptors (Lipinski definition) is 9. The van der Waals surface area contributed by atoms with Crippen LogP contribution in [0.1, 0.15) is 5.56 Å². The molecule has 3 rings (SSSR count). The Hall–Kier alpha value is -4.21. The summed E-state index contributed by atoms with van der Waals surface area (Å²) in [5, 5.41) is 15.0. The quantitative estimate of drug-likeness (QED) is 0.349. The van der Waals surface area contributed by atoms with Gasteiger partial charge in [-0.25, -0.2) is 0 Å². The number of aromatic nitrogens is 2. The van der Waals surface area contributed by atoms with Crippen molar-refractivity contribution in [3.63, 3.8) is 0 Å². The molecule has 0 spiro atoms. The van der Waals surface area contributed by atoms with Gasteiger partial charge in [0, 0.05) is 17.7 Å². The van der Waals surface area contributed by atoms with Crippen molar-refractivity contribution < 1.29 is 19.1 Å². The molecule has 0 saturated heterocycles. The van der Waals surface area contributed by atoms with Gasteiger partial charge in [-0.15, -0.1) is 0 Å². The van der Waals surface area contributed by atoms with Gasteiger partial charge in [-0.3, -0.25) is 15.5 Å². The lowest BCUT2D eigenvalue weighted by Gasteiger charge is -2.09. The van der Waals surface area contributed by atoms with E-state index < -0.39 is 4.92 Å². The zero-order chi connectivity index (χ0) is 20.6. The second-order valence-corrected chi connectivity index (χ2v) is 5.55. The van der Waals surface area contributed by atoms with Crippen molar-refractivity contribution in [2.75, 3.05) is 19.6 Å². The maximum absolute atomic E-state index is 10.9. The van der Waals surface area contributed by atoms with Gasteiger partial charge in [0.15, 0.2) is 0 Å². The highest BCUT2D eigenvalue weighted by Crippen LogP contribution is 2.25. The van der Waals surface area contributed by atoms with E-state index in [4.69, 9.17) is 14.2 Å². The molecule has 0 aliphatic heterocycles. The average molecular weight is 395 g/mol. The molecule has 1 aromatic heterocycles. The molecule has 148 valence electrons. The summed E-state index contributed by atoms with van der Waals surface area (Å²) in [6.45, 7) is 0. The number of nitro benzene ring substituents is 1. The molecule has 0 amide bonds. The van der Waals surface area contributed by atoms with E-state index in [1.165, 1.54) is 38.6 Å². The fourth-order valence-corrected chi connectivity index (χ4v) is 2.28. The van der Waals surface area contributed by atoms with Gasteiger partial charge in [-0.2, -0.15) is 15.1 Å². The Kier molecular flexibility index (Phi) is 6.15. The summed E-state index contributed by atoms with van der Waals surface area (Å²) in [4.78, 5) is 18.6. The number of nitrogens with one attached hydrogen (secondary N) is 1. The van der Waals surface area contributed by atoms with E-state index in [2.05, 4.69) is 20.5 Å². The number of benzene rings is 2. The first-order valence-electron chi connectivity index (χ1n) is 8.36. The standard InChI is InChI=1S/C19H17N5O5/c1-27-17-11-18(28-2)22-19(21-17)29-16-9-4-3-6-13(16)12-20-23-14-7-5-8-15(10-14)24(25)26/h3-12,23H,1-2H3/b20-12+. The number of ether oxygens (including phenoxy) is 3. The highest BCUT2D eigenvalue weighted by Gasteiger charge is 2.10. The molecule has 10 nitrogen and oxygen atoms in total. The van der Waals surface area contributed by atoms with Crippen LogP contribution in [0.5, 0.6) is 23.5 Å². The molecular formula is C19H17N5O5. The van der Waals surface area contributed by atoms with Crippen molar-refractivity contribution in [3.05, 3.63) is 70.3 Å². The van der Waals surface area contributed by atoms with Crippen molar-refractivity contribution in [1.82, 2.24) is 9.97 Å². The van der Waals surface area contributed by atoms with Crippen molar-refractivity contribution in [1.29, 1.82) is 0 Å².